The summed E-state index contributed by atoms with van der Waals surface area (Å²) in [6.45, 7) is -0.235. The zero-order valence-electron chi connectivity index (χ0n) is 8.71. The summed E-state index contributed by atoms with van der Waals surface area (Å²) in [5.41, 5.74) is 0.468. The number of aldehydes is 1. The fourth-order valence-electron chi connectivity index (χ4n) is 1.14. The molecule has 0 radical (unpaired) electrons. The van der Waals surface area contributed by atoms with Crippen molar-refractivity contribution in [2.75, 3.05) is 6.61 Å². The van der Waals surface area contributed by atoms with Gasteiger partial charge in [-0.2, -0.15) is 13.2 Å². The number of benzene rings is 1. The molecule has 0 bridgehead atoms. The highest BCUT2D eigenvalue weighted by Crippen LogP contribution is 2.24. The van der Waals surface area contributed by atoms with E-state index in [1.807, 2.05) is 0 Å². The van der Waals surface area contributed by atoms with Crippen molar-refractivity contribution in [1.82, 2.24) is 0 Å². The Morgan fingerprint density at radius 1 is 1.29 bits per heavy atom. The average molecular weight is 267 g/mol. The van der Waals surface area contributed by atoms with E-state index < -0.39 is 18.0 Å². The number of carbonyl (C=O) groups is 1. The summed E-state index contributed by atoms with van der Waals surface area (Å²) in [6, 6.07) is 6.02. The Morgan fingerprint density at radius 3 is 2.35 bits per heavy atom. The second-order valence-corrected chi connectivity index (χ2v) is 4.03. The normalized spacial score (nSPS) is 13.2. The lowest BCUT2D eigenvalue weighted by atomic mass is 10.2. The van der Waals surface area contributed by atoms with Gasteiger partial charge in [0.25, 0.3) is 0 Å². The van der Waals surface area contributed by atoms with Gasteiger partial charge >= 0.3 is 6.18 Å². The second-order valence-electron chi connectivity index (χ2n) is 3.41. The Balaban J connectivity index is 2.41. The molecular weight excluding hydrogens is 257 g/mol. The van der Waals surface area contributed by atoms with Crippen LogP contribution in [0.15, 0.2) is 24.3 Å². The van der Waals surface area contributed by atoms with Crippen molar-refractivity contribution >= 4 is 17.9 Å². The van der Waals surface area contributed by atoms with E-state index in [1.54, 1.807) is 0 Å². The van der Waals surface area contributed by atoms with Gasteiger partial charge < -0.3 is 4.74 Å². The quantitative estimate of drug-likeness (QED) is 0.603. The van der Waals surface area contributed by atoms with Crippen LogP contribution in [0.3, 0.4) is 0 Å². The van der Waals surface area contributed by atoms with Crippen molar-refractivity contribution < 1.29 is 22.7 Å². The third-order valence-electron chi connectivity index (χ3n) is 1.90. The molecule has 0 aliphatic rings. The lowest BCUT2D eigenvalue weighted by Crippen LogP contribution is -2.20. The van der Waals surface area contributed by atoms with Crippen LogP contribution in [0, 0.1) is 0 Å². The first-order valence-corrected chi connectivity index (χ1v) is 5.23. The number of carbonyl (C=O) groups excluding carboxylic acids is 1. The van der Waals surface area contributed by atoms with E-state index in [1.165, 1.54) is 24.3 Å². The van der Waals surface area contributed by atoms with Crippen LogP contribution in [-0.2, 0) is 0 Å². The van der Waals surface area contributed by atoms with Gasteiger partial charge in [0, 0.05) is 5.56 Å². The monoisotopic (exact) mass is 266 g/mol. The summed E-state index contributed by atoms with van der Waals surface area (Å²) in [4.78, 5) is 10.4. The van der Waals surface area contributed by atoms with Crippen molar-refractivity contribution in [3.63, 3.8) is 0 Å². The molecule has 1 rings (SSSR count). The van der Waals surface area contributed by atoms with Crippen LogP contribution in [-0.4, -0.2) is 24.4 Å². The third-order valence-corrected chi connectivity index (χ3v) is 2.18. The lowest BCUT2D eigenvalue weighted by molar-refractivity contribution is -0.135. The first-order chi connectivity index (χ1) is 7.90. The summed E-state index contributed by atoms with van der Waals surface area (Å²) in [5, 5.41) is -1.12. The molecule has 0 heterocycles. The van der Waals surface area contributed by atoms with Crippen molar-refractivity contribution in [3.05, 3.63) is 29.8 Å². The molecule has 2 nitrogen and oxygen atoms in total. The van der Waals surface area contributed by atoms with Crippen LogP contribution in [0.1, 0.15) is 16.8 Å². The third kappa shape index (κ3) is 5.58. The molecule has 0 saturated carbocycles. The molecule has 0 N–H and O–H groups in total. The van der Waals surface area contributed by atoms with Crippen LogP contribution in [0.5, 0.6) is 5.75 Å². The SMILES string of the molecule is O=Cc1ccc(OC[C@@H](Cl)CC(F)(F)F)cc1. The highest BCUT2D eigenvalue weighted by atomic mass is 35.5. The number of rotatable bonds is 5. The molecule has 0 saturated heterocycles. The van der Waals surface area contributed by atoms with Crippen molar-refractivity contribution in [3.8, 4) is 5.75 Å². The van der Waals surface area contributed by atoms with Gasteiger partial charge in [-0.05, 0) is 24.3 Å². The fraction of sp³-hybridized carbons (Fsp3) is 0.364. The maximum absolute atomic E-state index is 12.0. The Hall–Kier alpha value is -1.23. The topological polar surface area (TPSA) is 26.3 Å². The van der Waals surface area contributed by atoms with Gasteiger partial charge in [-0.3, -0.25) is 4.79 Å². The Morgan fingerprint density at radius 2 is 1.88 bits per heavy atom. The number of halogens is 4. The largest absolute Gasteiger partial charge is 0.492 e. The van der Waals surface area contributed by atoms with Gasteiger partial charge in [-0.25, -0.2) is 0 Å². The van der Waals surface area contributed by atoms with Crippen LogP contribution >= 0.6 is 11.6 Å². The summed E-state index contributed by atoms with van der Waals surface area (Å²) in [7, 11) is 0. The van der Waals surface area contributed by atoms with Crippen LogP contribution in [0.2, 0.25) is 0 Å². The highest BCUT2D eigenvalue weighted by molar-refractivity contribution is 6.20. The Bertz CT molecular complexity index is 362. The zero-order chi connectivity index (χ0) is 12.9. The molecule has 0 aromatic heterocycles. The van der Waals surface area contributed by atoms with E-state index in [0.29, 0.717) is 17.6 Å². The van der Waals surface area contributed by atoms with E-state index in [0.717, 1.165) is 0 Å². The molecular formula is C11H10ClF3O2. The minimum atomic E-state index is -4.29. The molecule has 0 unspecified atom stereocenters. The molecule has 17 heavy (non-hydrogen) atoms. The predicted octanol–water partition coefficient (Wildman–Crippen LogP) is 3.44. The highest BCUT2D eigenvalue weighted by Gasteiger charge is 2.31. The van der Waals surface area contributed by atoms with Gasteiger partial charge in [-0.15, -0.1) is 11.6 Å². The summed E-state index contributed by atoms with van der Waals surface area (Å²) in [6.07, 6.45) is -4.73. The predicted molar refractivity (Wildman–Crippen MR) is 57.6 cm³/mol. The molecule has 0 fully saturated rings. The average Bonchev–Trinajstić information content (AvgIpc) is 2.25. The summed E-state index contributed by atoms with van der Waals surface area (Å²) in [5.74, 6) is 0.378. The van der Waals surface area contributed by atoms with Crippen LogP contribution < -0.4 is 4.74 Å². The van der Waals surface area contributed by atoms with E-state index in [9.17, 15) is 18.0 Å². The molecule has 6 heteroatoms. The molecule has 94 valence electrons. The number of alkyl halides is 4. The Kier molecular flexibility index (Phi) is 4.81. The Labute approximate surface area is 101 Å². The molecule has 0 spiro atoms. The van der Waals surface area contributed by atoms with E-state index >= 15 is 0 Å². The van der Waals surface area contributed by atoms with Gasteiger partial charge in [-0.1, -0.05) is 0 Å². The van der Waals surface area contributed by atoms with Crippen molar-refractivity contribution in [2.45, 2.75) is 18.0 Å². The standard InChI is InChI=1S/C11H10ClF3O2/c12-9(5-11(13,14)15)7-17-10-3-1-8(6-16)2-4-10/h1-4,6,9H,5,7H2/t9-/m0/s1. The van der Waals surface area contributed by atoms with E-state index in [4.69, 9.17) is 16.3 Å². The smallest absolute Gasteiger partial charge is 0.390 e. The molecule has 1 atom stereocenters. The van der Waals surface area contributed by atoms with Gasteiger partial charge in [0.2, 0.25) is 0 Å². The molecule has 1 aromatic carbocycles. The van der Waals surface area contributed by atoms with E-state index in [2.05, 4.69) is 0 Å². The minimum absolute atomic E-state index is 0.235. The molecule has 0 amide bonds. The van der Waals surface area contributed by atoms with E-state index in [-0.39, 0.29) is 6.61 Å². The zero-order valence-corrected chi connectivity index (χ0v) is 9.46. The maximum atomic E-state index is 12.0. The van der Waals surface area contributed by atoms with Gasteiger partial charge in [0.15, 0.2) is 0 Å². The second kappa shape index (κ2) is 5.91. The number of hydrogen-bond donors (Lipinski definition) is 0. The fourth-order valence-corrected chi connectivity index (χ4v) is 1.38. The minimum Gasteiger partial charge on any atom is -0.492 e. The summed E-state index contributed by atoms with van der Waals surface area (Å²) < 4.78 is 40.9. The number of hydrogen-bond acceptors (Lipinski definition) is 2. The molecule has 1 aromatic rings. The first-order valence-electron chi connectivity index (χ1n) is 4.79. The lowest BCUT2D eigenvalue weighted by Gasteiger charge is -2.13. The van der Waals surface area contributed by atoms with Crippen molar-refractivity contribution in [1.29, 1.82) is 0 Å². The summed E-state index contributed by atoms with van der Waals surface area (Å²) >= 11 is 5.47. The first kappa shape index (κ1) is 13.8. The molecule has 0 aliphatic heterocycles. The van der Waals surface area contributed by atoms with Gasteiger partial charge in [0.1, 0.15) is 18.6 Å². The maximum Gasteiger partial charge on any atom is 0.390 e. The van der Waals surface area contributed by atoms with Crippen LogP contribution in [0.25, 0.3) is 0 Å². The van der Waals surface area contributed by atoms with Gasteiger partial charge in [0.05, 0.1) is 11.8 Å². The van der Waals surface area contributed by atoms with Crippen LogP contribution in [0.4, 0.5) is 13.2 Å². The van der Waals surface area contributed by atoms with Crippen molar-refractivity contribution in [2.24, 2.45) is 0 Å². The molecule has 0 aliphatic carbocycles. The number of ether oxygens (including phenoxy) is 1.